The van der Waals surface area contributed by atoms with Crippen LogP contribution < -0.4 is 0 Å². The topological polar surface area (TPSA) is 96.5 Å². The van der Waals surface area contributed by atoms with Crippen molar-refractivity contribution in [3.05, 3.63) is 21.1 Å². The predicted molar refractivity (Wildman–Crippen MR) is 102 cm³/mol. The van der Waals surface area contributed by atoms with Gasteiger partial charge in [-0.25, -0.2) is 4.79 Å². The molecule has 1 saturated heterocycles. The zero-order valence-electron chi connectivity index (χ0n) is 15.6. The van der Waals surface area contributed by atoms with Gasteiger partial charge in [-0.05, 0) is 56.9 Å². The van der Waals surface area contributed by atoms with E-state index in [2.05, 4.69) is 10.1 Å². The van der Waals surface area contributed by atoms with Crippen LogP contribution >= 0.6 is 11.3 Å². The van der Waals surface area contributed by atoms with Gasteiger partial charge >= 0.3 is 5.97 Å². The van der Waals surface area contributed by atoms with E-state index in [1.54, 1.807) is 11.3 Å². The highest BCUT2D eigenvalue weighted by molar-refractivity contribution is 7.12. The highest BCUT2D eigenvalue weighted by Gasteiger charge is 2.36. The second-order valence-electron chi connectivity index (χ2n) is 8.00. The Labute approximate surface area is 166 Å². The fourth-order valence-electron chi connectivity index (χ4n) is 4.40. The lowest BCUT2D eigenvalue weighted by Crippen LogP contribution is -2.41. The maximum atomic E-state index is 13.0. The summed E-state index contributed by atoms with van der Waals surface area (Å²) in [4.78, 5) is 32.8. The van der Waals surface area contributed by atoms with Crippen molar-refractivity contribution in [3.8, 4) is 11.5 Å². The molecule has 1 atom stereocenters. The molecule has 5 rings (SSSR count). The molecule has 2 fully saturated rings. The van der Waals surface area contributed by atoms with Gasteiger partial charge in [-0.15, -0.1) is 11.3 Å². The number of fused-ring (bicyclic) bond motifs is 1. The third-order valence-electron chi connectivity index (χ3n) is 6.01. The van der Waals surface area contributed by atoms with Gasteiger partial charge in [-0.2, -0.15) is 4.98 Å². The van der Waals surface area contributed by atoms with E-state index in [4.69, 9.17) is 4.52 Å². The van der Waals surface area contributed by atoms with Crippen LogP contribution in [0.4, 0.5) is 0 Å². The molecule has 0 radical (unpaired) electrons. The Morgan fingerprint density at radius 1 is 1.18 bits per heavy atom. The summed E-state index contributed by atoms with van der Waals surface area (Å²) in [6, 6.07) is -0.699. The average Bonchev–Trinajstić information content (AvgIpc) is 3.10. The van der Waals surface area contributed by atoms with E-state index >= 15 is 0 Å². The van der Waals surface area contributed by atoms with E-state index in [1.807, 2.05) is 0 Å². The lowest BCUT2D eigenvalue weighted by Gasteiger charge is -2.21. The van der Waals surface area contributed by atoms with Gasteiger partial charge in [0, 0.05) is 22.2 Å². The highest BCUT2D eigenvalue weighted by atomic mass is 32.1. The molecule has 0 aromatic carbocycles. The van der Waals surface area contributed by atoms with E-state index < -0.39 is 12.0 Å². The Hall–Kier alpha value is -2.22. The summed E-state index contributed by atoms with van der Waals surface area (Å²) >= 11 is 1.66. The summed E-state index contributed by atoms with van der Waals surface area (Å²) < 4.78 is 5.61. The van der Waals surface area contributed by atoms with Gasteiger partial charge in [0.2, 0.25) is 5.91 Å². The first-order chi connectivity index (χ1) is 13.6. The number of likely N-dealkylation sites (tertiary alicyclic amines) is 1. The van der Waals surface area contributed by atoms with Crippen LogP contribution in [0.15, 0.2) is 4.52 Å². The molecule has 0 spiro atoms. The molecule has 3 aliphatic rings. The normalized spacial score (nSPS) is 21.7. The van der Waals surface area contributed by atoms with E-state index in [1.165, 1.54) is 15.3 Å². The molecule has 0 bridgehead atoms. The summed E-state index contributed by atoms with van der Waals surface area (Å²) in [7, 11) is 0. The van der Waals surface area contributed by atoms with E-state index in [9.17, 15) is 14.7 Å². The van der Waals surface area contributed by atoms with Crippen molar-refractivity contribution in [2.45, 2.75) is 69.7 Å². The molecule has 1 saturated carbocycles. The van der Waals surface area contributed by atoms with Gasteiger partial charge < -0.3 is 14.5 Å². The largest absolute Gasteiger partial charge is 0.480 e. The van der Waals surface area contributed by atoms with Gasteiger partial charge in [0.1, 0.15) is 6.04 Å². The zero-order chi connectivity index (χ0) is 19.3. The van der Waals surface area contributed by atoms with Crippen LogP contribution in [-0.4, -0.2) is 44.6 Å². The van der Waals surface area contributed by atoms with Crippen LogP contribution in [0.1, 0.15) is 65.6 Å². The first-order valence-electron chi connectivity index (χ1n) is 10.1. The number of thiophene rings is 1. The van der Waals surface area contributed by atoms with Crippen molar-refractivity contribution < 1.29 is 19.2 Å². The van der Waals surface area contributed by atoms with Crippen LogP contribution in [0.3, 0.4) is 0 Å². The van der Waals surface area contributed by atoms with Crippen molar-refractivity contribution >= 4 is 23.2 Å². The molecular weight excluding hydrogens is 378 g/mol. The van der Waals surface area contributed by atoms with Gasteiger partial charge in [-0.1, -0.05) is 5.16 Å². The Morgan fingerprint density at radius 2 is 2.00 bits per heavy atom. The minimum atomic E-state index is -0.914. The summed E-state index contributed by atoms with van der Waals surface area (Å²) in [5, 5.41) is 13.6. The van der Waals surface area contributed by atoms with E-state index in [-0.39, 0.29) is 12.3 Å². The summed E-state index contributed by atoms with van der Waals surface area (Å²) in [5.41, 5.74) is 2.19. The fraction of sp³-hybridized carbons (Fsp3) is 0.600. The molecule has 3 heterocycles. The molecule has 1 N–H and O–H groups in total. The number of carbonyl (C=O) groups excluding carboxylic acids is 1. The standard InChI is InChI=1S/C20H23N3O4S/c24-16(23-9-3-5-13(23)20(25)26)10-15-17(12-4-1-2-6-14(12)28-15)19-21-18(22-27-19)11-7-8-11/h11,13H,1-10H2,(H,25,26)/t13-/m1/s1. The Morgan fingerprint density at radius 3 is 2.79 bits per heavy atom. The number of nitrogens with zero attached hydrogens (tertiary/aromatic N) is 3. The number of hydrogen-bond donors (Lipinski definition) is 1. The second kappa shape index (κ2) is 6.99. The molecule has 2 aliphatic carbocycles. The first-order valence-corrected chi connectivity index (χ1v) is 10.9. The van der Waals surface area contributed by atoms with Crippen molar-refractivity contribution in [1.29, 1.82) is 0 Å². The zero-order valence-corrected chi connectivity index (χ0v) is 16.5. The number of carboxylic acid groups (broad SMARTS) is 1. The smallest absolute Gasteiger partial charge is 0.326 e. The molecule has 148 valence electrons. The molecule has 1 amide bonds. The highest BCUT2D eigenvalue weighted by Crippen LogP contribution is 2.43. The number of carbonyl (C=O) groups is 2. The lowest BCUT2D eigenvalue weighted by molar-refractivity contribution is -0.147. The maximum absolute atomic E-state index is 13.0. The minimum Gasteiger partial charge on any atom is -0.480 e. The van der Waals surface area contributed by atoms with Crippen LogP contribution in [0.5, 0.6) is 0 Å². The van der Waals surface area contributed by atoms with Gasteiger partial charge in [-0.3, -0.25) is 4.79 Å². The molecule has 8 heteroatoms. The van der Waals surface area contributed by atoms with Crippen molar-refractivity contribution in [3.63, 3.8) is 0 Å². The van der Waals surface area contributed by atoms with Crippen molar-refractivity contribution in [2.75, 3.05) is 6.54 Å². The monoisotopic (exact) mass is 401 g/mol. The number of amides is 1. The number of aromatic nitrogens is 2. The third kappa shape index (κ3) is 3.13. The molecule has 28 heavy (non-hydrogen) atoms. The van der Waals surface area contributed by atoms with Crippen LogP contribution in [0, 0.1) is 0 Å². The van der Waals surface area contributed by atoms with Crippen LogP contribution in [-0.2, 0) is 28.9 Å². The SMILES string of the molecule is O=C(O)[C@H]1CCCN1C(=O)Cc1sc2c(c1-c1nc(C3CC3)no1)CCCC2. The fourth-order valence-corrected chi connectivity index (χ4v) is 5.78. The Kier molecular flexibility index (Phi) is 4.45. The van der Waals surface area contributed by atoms with Crippen molar-refractivity contribution in [2.24, 2.45) is 0 Å². The minimum absolute atomic E-state index is 0.119. The molecule has 0 unspecified atom stereocenters. The number of aliphatic carboxylic acids is 1. The average molecular weight is 401 g/mol. The second-order valence-corrected chi connectivity index (χ2v) is 9.19. The van der Waals surface area contributed by atoms with Gasteiger partial charge in [0.05, 0.1) is 12.0 Å². The molecule has 1 aliphatic heterocycles. The number of hydrogen-bond acceptors (Lipinski definition) is 6. The van der Waals surface area contributed by atoms with E-state index in [0.717, 1.165) is 61.2 Å². The van der Waals surface area contributed by atoms with Crippen LogP contribution in [0.25, 0.3) is 11.5 Å². The van der Waals surface area contributed by atoms with Crippen LogP contribution in [0.2, 0.25) is 0 Å². The van der Waals surface area contributed by atoms with Crippen molar-refractivity contribution in [1.82, 2.24) is 15.0 Å². The Bertz CT molecular complexity index is 930. The van der Waals surface area contributed by atoms with Gasteiger partial charge in [0.15, 0.2) is 5.82 Å². The molecular formula is C20H23N3O4S. The summed E-state index contributed by atoms with van der Waals surface area (Å²) in [5.74, 6) is 0.681. The molecule has 2 aromatic rings. The molecule has 2 aromatic heterocycles. The third-order valence-corrected chi connectivity index (χ3v) is 7.30. The van der Waals surface area contributed by atoms with Gasteiger partial charge in [0.25, 0.3) is 5.89 Å². The maximum Gasteiger partial charge on any atom is 0.326 e. The number of rotatable bonds is 5. The quantitative estimate of drug-likeness (QED) is 0.827. The Balaban J connectivity index is 1.47. The number of carboxylic acids is 1. The molecule has 7 nitrogen and oxygen atoms in total. The first kappa shape index (κ1) is 17.8. The number of aryl methyl sites for hydroxylation is 1. The predicted octanol–water partition coefficient (Wildman–Crippen LogP) is 3.17. The summed E-state index contributed by atoms with van der Waals surface area (Å²) in [6.07, 6.45) is 7.97. The summed E-state index contributed by atoms with van der Waals surface area (Å²) in [6.45, 7) is 0.516. The van der Waals surface area contributed by atoms with E-state index in [0.29, 0.717) is 24.8 Å². The lowest BCUT2D eigenvalue weighted by atomic mass is 9.94.